The fourth-order valence-electron chi connectivity index (χ4n) is 4.23. The van der Waals surface area contributed by atoms with Crippen molar-refractivity contribution in [1.29, 1.82) is 0 Å². The maximum atomic E-state index is 12.5. The largest absolute Gasteiger partial charge is 0.347 e. The third-order valence-electron chi connectivity index (χ3n) is 5.97. The van der Waals surface area contributed by atoms with Crippen LogP contribution in [-0.4, -0.2) is 69.0 Å². The highest BCUT2D eigenvalue weighted by Crippen LogP contribution is 2.16. The zero-order valence-corrected chi connectivity index (χ0v) is 17.9. The van der Waals surface area contributed by atoms with Crippen molar-refractivity contribution in [3.63, 3.8) is 0 Å². The van der Waals surface area contributed by atoms with Gasteiger partial charge in [0.2, 0.25) is 17.8 Å². The predicted molar refractivity (Wildman–Crippen MR) is 116 cm³/mol. The molecule has 170 valence electrons. The second-order valence-corrected chi connectivity index (χ2v) is 7.99. The summed E-state index contributed by atoms with van der Waals surface area (Å²) in [6.07, 6.45) is 6.58. The van der Waals surface area contributed by atoms with Crippen molar-refractivity contribution in [1.82, 2.24) is 29.7 Å². The summed E-state index contributed by atoms with van der Waals surface area (Å²) < 4.78 is 1.49. The summed E-state index contributed by atoms with van der Waals surface area (Å²) >= 11 is 0. The highest BCUT2D eigenvalue weighted by atomic mass is 16.2. The molecular weight excluding hydrogens is 414 g/mol. The normalized spacial score (nSPS) is 15.9. The number of piperazine rings is 1. The molecule has 11 nitrogen and oxygen atoms in total. The summed E-state index contributed by atoms with van der Waals surface area (Å²) in [6.45, 7) is 2.42. The van der Waals surface area contributed by atoms with E-state index in [0.717, 1.165) is 18.5 Å². The molecule has 0 unspecified atom stereocenters. The number of hydrogen-bond donors (Lipinski definition) is 2. The lowest BCUT2D eigenvalue weighted by Crippen LogP contribution is -2.51. The van der Waals surface area contributed by atoms with Gasteiger partial charge in [-0.2, -0.15) is 0 Å². The van der Waals surface area contributed by atoms with Crippen molar-refractivity contribution in [2.24, 2.45) is 0 Å². The lowest BCUT2D eigenvalue weighted by atomic mass is 9.97. The van der Waals surface area contributed by atoms with Gasteiger partial charge in [0.05, 0.1) is 6.54 Å². The van der Waals surface area contributed by atoms with Crippen LogP contribution in [0, 0.1) is 0 Å². The van der Waals surface area contributed by atoms with E-state index in [2.05, 4.69) is 20.3 Å². The van der Waals surface area contributed by atoms with Gasteiger partial charge in [-0.15, -0.1) is 0 Å². The average molecular weight is 441 g/mol. The molecule has 1 aliphatic carbocycles. The van der Waals surface area contributed by atoms with Gasteiger partial charge in [-0.05, 0) is 31.7 Å². The van der Waals surface area contributed by atoms with Crippen LogP contribution in [0.1, 0.15) is 30.5 Å². The first-order chi connectivity index (χ1) is 15.5. The Morgan fingerprint density at radius 3 is 2.50 bits per heavy atom. The quantitative estimate of drug-likeness (QED) is 0.591. The van der Waals surface area contributed by atoms with E-state index in [4.69, 9.17) is 0 Å². The van der Waals surface area contributed by atoms with E-state index < -0.39 is 5.69 Å². The summed E-state index contributed by atoms with van der Waals surface area (Å²) in [4.78, 5) is 63.5. The van der Waals surface area contributed by atoms with E-state index in [1.807, 2.05) is 4.90 Å². The van der Waals surface area contributed by atoms with Gasteiger partial charge < -0.3 is 15.1 Å². The Bertz CT molecular complexity index is 1090. The van der Waals surface area contributed by atoms with Gasteiger partial charge in [0.1, 0.15) is 0 Å². The number of aromatic amines is 1. The Morgan fingerprint density at radius 2 is 1.75 bits per heavy atom. The van der Waals surface area contributed by atoms with E-state index >= 15 is 0 Å². The van der Waals surface area contributed by atoms with Crippen LogP contribution in [0.4, 0.5) is 5.95 Å². The lowest BCUT2D eigenvalue weighted by molar-refractivity contribution is -0.133. The molecule has 0 atom stereocenters. The van der Waals surface area contributed by atoms with Gasteiger partial charge in [-0.25, -0.2) is 14.8 Å². The van der Waals surface area contributed by atoms with Crippen LogP contribution in [0.3, 0.4) is 0 Å². The molecule has 2 N–H and O–H groups in total. The lowest BCUT2D eigenvalue weighted by Gasteiger charge is -2.34. The monoisotopic (exact) mass is 441 g/mol. The molecule has 2 aliphatic rings. The maximum absolute atomic E-state index is 12.5. The van der Waals surface area contributed by atoms with E-state index in [-0.39, 0.29) is 36.9 Å². The number of carbonyl (C=O) groups excluding carboxylic acids is 2. The number of nitrogens with one attached hydrogen (secondary N) is 2. The number of anilines is 1. The van der Waals surface area contributed by atoms with E-state index in [0.29, 0.717) is 50.5 Å². The third kappa shape index (κ3) is 4.87. The first kappa shape index (κ1) is 21.7. The topological polar surface area (TPSA) is 133 Å². The molecular formula is C21H27N7O4. The summed E-state index contributed by atoms with van der Waals surface area (Å²) in [7, 11) is 0. The van der Waals surface area contributed by atoms with Gasteiger partial charge in [-0.3, -0.25) is 23.9 Å². The standard InChI is InChI=1S/C21H27N7O4/c29-17(6-9-28-16-5-2-1-4-15(16)19(31)25-21(28)32)24-14-18(30)26-10-12-27(13-11-26)20-22-7-3-8-23-20/h3,7-8H,1-2,4-6,9-14H2,(H,24,29)(H,25,31,32). The molecule has 0 saturated carbocycles. The molecule has 2 amide bonds. The smallest absolute Gasteiger partial charge is 0.328 e. The Kier molecular flexibility index (Phi) is 6.62. The molecule has 11 heteroatoms. The highest BCUT2D eigenvalue weighted by Gasteiger charge is 2.23. The van der Waals surface area contributed by atoms with Crippen LogP contribution < -0.4 is 21.5 Å². The second kappa shape index (κ2) is 9.75. The van der Waals surface area contributed by atoms with Crippen LogP contribution in [0.2, 0.25) is 0 Å². The van der Waals surface area contributed by atoms with Gasteiger partial charge in [0, 0.05) is 62.8 Å². The average Bonchev–Trinajstić information content (AvgIpc) is 2.83. The van der Waals surface area contributed by atoms with Crippen LogP contribution in [0.5, 0.6) is 0 Å². The molecule has 0 aromatic carbocycles. The van der Waals surface area contributed by atoms with Crippen molar-refractivity contribution in [2.45, 2.75) is 38.6 Å². The first-order valence-electron chi connectivity index (χ1n) is 10.9. The Hall–Kier alpha value is -3.50. The van der Waals surface area contributed by atoms with Crippen LogP contribution in [0.15, 0.2) is 28.0 Å². The minimum atomic E-state index is -0.486. The molecule has 0 spiro atoms. The SMILES string of the molecule is O=C(CCn1c2c(c(=O)[nH]c1=O)CCCC2)NCC(=O)N1CCN(c2ncccn2)CC1. The minimum absolute atomic E-state index is 0.0603. The van der Waals surface area contributed by atoms with Crippen molar-refractivity contribution in [3.05, 3.63) is 50.6 Å². The van der Waals surface area contributed by atoms with E-state index in [1.165, 1.54) is 4.57 Å². The molecule has 1 aliphatic heterocycles. The van der Waals surface area contributed by atoms with Crippen LogP contribution in [-0.2, 0) is 29.0 Å². The Morgan fingerprint density at radius 1 is 1.03 bits per heavy atom. The Balaban J connectivity index is 1.25. The molecule has 3 heterocycles. The van der Waals surface area contributed by atoms with Gasteiger partial charge in [-0.1, -0.05) is 0 Å². The maximum Gasteiger partial charge on any atom is 0.328 e. The van der Waals surface area contributed by atoms with Gasteiger partial charge in [0.25, 0.3) is 5.56 Å². The molecule has 0 bridgehead atoms. The van der Waals surface area contributed by atoms with Crippen molar-refractivity contribution < 1.29 is 9.59 Å². The van der Waals surface area contributed by atoms with E-state index in [1.54, 1.807) is 23.4 Å². The number of amides is 2. The second-order valence-electron chi connectivity index (χ2n) is 7.99. The number of aromatic nitrogens is 4. The third-order valence-corrected chi connectivity index (χ3v) is 5.97. The molecule has 32 heavy (non-hydrogen) atoms. The summed E-state index contributed by atoms with van der Waals surface area (Å²) in [5.41, 5.74) is 0.565. The number of H-pyrrole nitrogens is 1. The summed E-state index contributed by atoms with van der Waals surface area (Å²) in [5, 5.41) is 2.65. The zero-order valence-electron chi connectivity index (χ0n) is 17.9. The molecule has 1 fully saturated rings. The number of carbonyl (C=O) groups is 2. The fourth-order valence-corrected chi connectivity index (χ4v) is 4.23. The number of nitrogens with zero attached hydrogens (tertiary/aromatic N) is 5. The van der Waals surface area contributed by atoms with Crippen molar-refractivity contribution in [2.75, 3.05) is 37.6 Å². The predicted octanol–water partition coefficient (Wildman–Crippen LogP) is -0.939. The zero-order chi connectivity index (χ0) is 22.5. The molecule has 2 aromatic rings. The Labute approximate surface area is 184 Å². The fraction of sp³-hybridized carbons (Fsp3) is 0.524. The van der Waals surface area contributed by atoms with Crippen molar-refractivity contribution in [3.8, 4) is 0 Å². The van der Waals surface area contributed by atoms with Crippen LogP contribution >= 0.6 is 0 Å². The molecule has 0 radical (unpaired) electrons. The molecule has 2 aromatic heterocycles. The minimum Gasteiger partial charge on any atom is -0.347 e. The summed E-state index contributed by atoms with van der Waals surface area (Å²) in [6, 6.07) is 1.76. The van der Waals surface area contributed by atoms with Gasteiger partial charge >= 0.3 is 5.69 Å². The first-order valence-corrected chi connectivity index (χ1v) is 10.9. The number of hydrogen-bond acceptors (Lipinski definition) is 7. The van der Waals surface area contributed by atoms with Crippen LogP contribution in [0.25, 0.3) is 0 Å². The number of rotatable bonds is 6. The number of fused-ring (bicyclic) bond motifs is 1. The molecule has 1 saturated heterocycles. The van der Waals surface area contributed by atoms with E-state index in [9.17, 15) is 19.2 Å². The summed E-state index contributed by atoms with van der Waals surface area (Å²) in [5.74, 6) is 0.190. The van der Waals surface area contributed by atoms with Crippen molar-refractivity contribution >= 4 is 17.8 Å². The van der Waals surface area contributed by atoms with Gasteiger partial charge in [0.15, 0.2) is 0 Å². The highest BCUT2D eigenvalue weighted by molar-refractivity contribution is 5.84. The molecule has 4 rings (SSSR count).